The van der Waals surface area contributed by atoms with Gasteiger partial charge >= 0.3 is 0 Å². The van der Waals surface area contributed by atoms with Crippen LogP contribution in [-0.4, -0.2) is 54.9 Å². The number of benzene rings is 6. The van der Waals surface area contributed by atoms with E-state index in [4.69, 9.17) is 0 Å². The number of phenolic OH excluding ortho intramolecular Hbond substituents is 6. The molecule has 0 radical (unpaired) electrons. The number of rotatable bonds is 9. The van der Waals surface area contributed by atoms with E-state index in [9.17, 15) is 40.2 Å². The Labute approximate surface area is 322 Å². The first-order valence-electron chi connectivity index (χ1n) is 17.9. The van der Waals surface area contributed by atoms with Crippen LogP contribution in [0.25, 0.3) is 32.7 Å². The number of nitrogens with zero attached hydrogens (tertiary/aromatic N) is 2. The molecular formula is C44H42N4O8. The van der Waals surface area contributed by atoms with Crippen LogP contribution in [0.1, 0.15) is 93.6 Å². The van der Waals surface area contributed by atoms with Crippen molar-refractivity contribution in [3.05, 3.63) is 117 Å². The summed E-state index contributed by atoms with van der Waals surface area (Å²) in [6, 6.07) is 20.1. The van der Waals surface area contributed by atoms with Gasteiger partial charge in [-0.3, -0.25) is 9.59 Å². The van der Waals surface area contributed by atoms with Gasteiger partial charge in [-0.25, -0.2) is 10.9 Å². The predicted octanol–water partition coefficient (Wildman–Crippen LogP) is 8.29. The minimum atomic E-state index is -0.582. The summed E-state index contributed by atoms with van der Waals surface area (Å²) in [7, 11) is 0. The average Bonchev–Trinajstić information content (AvgIpc) is 3.16. The number of aryl methyl sites for hydroxylation is 2. The Bertz CT molecular complexity index is 2420. The first-order chi connectivity index (χ1) is 26.6. The van der Waals surface area contributed by atoms with E-state index in [0.29, 0.717) is 44.2 Å². The number of hydrogen-bond acceptors (Lipinski definition) is 10. The van der Waals surface area contributed by atoms with Crippen molar-refractivity contribution in [3.8, 4) is 45.6 Å². The second-order valence-corrected chi connectivity index (χ2v) is 14.2. The van der Waals surface area contributed by atoms with Gasteiger partial charge in [-0.2, -0.15) is 10.2 Å². The number of carbonyl (C=O) groups is 2. The highest BCUT2D eigenvalue weighted by atomic mass is 16.3. The molecule has 286 valence electrons. The Balaban J connectivity index is 1.61. The SMILES string of the molecule is Cc1cc2c(C(C)C)c(O)c(O)c(C=NNC(=O)c3ccccc3)c2c(O)c1-c1c(C)cc2c(C(C)C)c(O)c(O)c(C=NNC(=O)c3ccccc3)c2c1O. The molecule has 0 spiro atoms. The zero-order valence-corrected chi connectivity index (χ0v) is 31.6. The molecule has 56 heavy (non-hydrogen) atoms. The average molecular weight is 755 g/mol. The molecule has 0 heterocycles. The topological polar surface area (TPSA) is 204 Å². The predicted molar refractivity (Wildman–Crippen MR) is 218 cm³/mol. The third-order valence-corrected chi connectivity index (χ3v) is 9.78. The minimum absolute atomic E-state index is 0.0861. The number of amides is 2. The standard InChI is InChI=1S/C44H42N4O8/c1-21(2)31-27-17-23(5)33(39(51)35(27)29(37(49)41(31)53)19-45-47-43(55)25-13-9-7-10-14-25)34-24(6)18-28-32(22(3)4)42(54)38(50)30(36(28)40(34)52)20-46-48-44(56)26-15-11-8-12-16-26/h7-22,49-54H,1-6H3,(H,47,55)(H,48,56). The van der Waals surface area contributed by atoms with Crippen LogP contribution in [0.2, 0.25) is 0 Å². The number of carbonyl (C=O) groups excluding carboxylic acids is 2. The maximum atomic E-state index is 12.8. The maximum absolute atomic E-state index is 12.8. The number of phenols is 6. The Morgan fingerprint density at radius 1 is 0.536 bits per heavy atom. The van der Waals surface area contributed by atoms with Gasteiger partial charge in [0.25, 0.3) is 11.8 Å². The molecule has 0 aromatic heterocycles. The van der Waals surface area contributed by atoms with Gasteiger partial charge in [-0.05, 0) is 71.8 Å². The number of nitrogens with one attached hydrogen (secondary N) is 2. The third-order valence-electron chi connectivity index (χ3n) is 9.78. The fourth-order valence-electron chi connectivity index (χ4n) is 7.24. The van der Waals surface area contributed by atoms with Gasteiger partial charge in [0.15, 0.2) is 23.0 Å². The molecular weight excluding hydrogens is 713 g/mol. The highest BCUT2D eigenvalue weighted by Crippen LogP contribution is 2.54. The highest BCUT2D eigenvalue weighted by Gasteiger charge is 2.29. The quantitative estimate of drug-likeness (QED) is 0.0409. The van der Waals surface area contributed by atoms with E-state index in [-0.39, 0.29) is 56.4 Å². The number of aromatic hydroxyl groups is 6. The van der Waals surface area contributed by atoms with Gasteiger partial charge in [-0.15, -0.1) is 0 Å². The molecule has 12 nitrogen and oxygen atoms in total. The van der Waals surface area contributed by atoms with E-state index in [1.54, 1.807) is 86.6 Å². The molecule has 0 aliphatic carbocycles. The van der Waals surface area contributed by atoms with Crippen molar-refractivity contribution >= 4 is 45.8 Å². The summed E-state index contributed by atoms with van der Waals surface area (Å²) in [6.45, 7) is 10.7. The van der Waals surface area contributed by atoms with E-state index in [1.807, 2.05) is 27.7 Å². The van der Waals surface area contributed by atoms with Crippen molar-refractivity contribution in [1.29, 1.82) is 0 Å². The summed E-state index contributed by atoms with van der Waals surface area (Å²) in [5.41, 5.74) is 7.29. The first-order valence-corrected chi connectivity index (χ1v) is 17.9. The largest absolute Gasteiger partial charge is 0.507 e. The Hall–Kier alpha value is -7.08. The van der Waals surface area contributed by atoms with Crippen molar-refractivity contribution in [3.63, 3.8) is 0 Å². The molecule has 0 aliphatic rings. The van der Waals surface area contributed by atoms with Crippen LogP contribution in [0.5, 0.6) is 34.5 Å². The van der Waals surface area contributed by atoms with Gasteiger partial charge in [0, 0.05) is 44.2 Å². The maximum Gasteiger partial charge on any atom is 0.271 e. The van der Waals surface area contributed by atoms with Gasteiger partial charge < -0.3 is 30.6 Å². The molecule has 12 heteroatoms. The molecule has 0 unspecified atom stereocenters. The molecule has 8 N–H and O–H groups in total. The minimum Gasteiger partial charge on any atom is -0.507 e. The van der Waals surface area contributed by atoms with Crippen LogP contribution < -0.4 is 10.9 Å². The molecule has 0 saturated heterocycles. The van der Waals surface area contributed by atoms with Gasteiger partial charge in [-0.1, -0.05) is 76.2 Å². The van der Waals surface area contributed by atoms with E-state index >= 15 is 0 Å². The second kappa shape index (κ2) is 15.3. The fraction of sp³-hybridized carbons (Fsp3) is 0.182. The smallest absolute Gasteiger partial charge is 0.271 e. The van der Waals surface area contributed by atoms with Crippen molar-refractivity contribution < 1.29 is 40.2 Å². The fourth-order valence-corrected chi connectivity index (χ4v) is 7.24. The lowest BCUT2D eigenvalue weighted by Gasteiger charge is -2.23. The zero-order chi connectivity index (χ0) is 40.6. The first kappa shape index (κ1) is 38.6. The lowest BCUT2D eigenvalue weighted by molar-refractivity contribution is 0.0947. The molecule has 6 aromatic carbocycles. The number of hydrazone groups is 2. The number of hydrogen-bond donors (Lipinski definition) is 8. The number of fused-ring (bicyclic) bond motifs is 2. The summed E-state index contributed by atoms with van der Waals surface area (Å²) in [4.78, 5) is 25.5. The van der Waals surface area contributed by atoms with Gasteiger partial charge in [0.05, 0.1) is 23.6 Å². The zero-order valence-electron chi connectivity index (χ0n) is 31.6. The van der Waals surface area contributed by atoms with E-state index in [1.165, 1.54) is 0 Å². The van der Waals surface area contributed by atoms with Crippen LogP contribution in [-0.2, 0) is 0 Å². The molecule has 0 saturated carbocycles. The van der Waals surface area contributed by atoms with E-state index < -0.39 is 34.8 Å². The second-order valence-electron chi connectivity index (χ2n) is 14.2. The van der Waals surface area contributed by atoms with Crippen LogP contribution in [0.4, 0.5) is 0 Å². The Morgan fingerprint density at radius 2 is 0.875 bits per heavy atom. The Morgan fingerprint density at radius 3 is 1.20 bits per heavy atom. The van der Waals surface area contributed by atoms with Crippen molar-refractivity contribution in [1.82, 2.24) is 10.9 Å². The van der Waals surface area contributed by atoms with Crippen LogP contribution >= 0.6 is 0 Å². The van der Waals surface area contributed by atoms with Crippen molar-refractivity contribution in [2.24, 2.45) is 10.2 Å². The molecule has 0 fully saturated rings. The molecule has 0 aliphatic heterocycles. The van der Waals surface area contributed by atoms with Crippen molar-refractivity contribution in [2.75, 3.05) is 0 Å². The van der Waals surface area contributed by atoms with E-state index in [0.717, 1.165) is 12.4 Å². The summed E-state index contributed by atoms with van der Waals surface area (Å²) in [5, 5.41) is 78.9. The molecule has 2 amide bonds. The monoisotopic (exact) mass is 754 g/mol. The molecule has 0 atom stereocenters. The molecule has 0 bridgehead atoms. The van der Waals surface area contributed by atoms with Crippen LogP contribution in [0.15, 0.2) is 83.0 Å². The van der Waals surface area contributed by atoms with Crippen LogP contribution in [0, 0.1) is 13.8 Å². The molecule has 6 aromatic rings. The summed E-state index contributed by atoms with van der Waals surface area (Å²) < 4.78 is 0. The van der Waals surface area contributed by atoms with E-state index in [2.05, 4.69) is 21.1 Å². The summed E-state index contributed by atoms with van der Waals surface area (Å²) in [6.07, 6.45) is 2.25. The lowest BCUT2D eigenvalue weighted by Crippen LogP contribution is -2.17. The van der Waals surface area contributed by atoms with Gasteiger partial charge in [0.2, 0.25) is 0 Å². The molecule has 6 rings (SSSR count). The highest BCUT2D eigenvalue weighted by molar-refractivity contribution is 6.15. The Kier molecular flexibility index (Phi) is 10.6. The lowest BCUT2D eigenvalue weighted by atomic mass is 9.83. The van der Waals surface area contributed by atoms with Crippen LogP contribution in [0.3, 0.4) is 0 Å². The normalized spacial score (nSPS) is 11.8. The summed E-state index contributed by atoms with van der Waals surface area (Å²) in [5.74, 6) is -4.43. The van der Waals surface area contributed by atoms with Crippen molar-refractivity contribution in [2.45, 2.75) is 53.4 Å². The third kappa shape index (κ3) is 6.77. The summed E-state index contributed by atoms with van der Waals surface area (Å²) >= 11 is 0. The van der Waals surface area contributed by atoms with Gasteiger partial charge in [0.1, 0.15) is 11.5 Å².